The van der Waals surface area contributed by atoms with Crippen LogP contribution >= 0.6 is 0 Å². The van der Waals surface area contributed by atoms with Gasteiger partial charge >= 0.3 is 0 Å². The third-order valence-corrected chi connectivity index (χ3v) is 6.48. The number of carbonyl (C=O) groups is 1. The van der Waals surface area contributed by atoms with Crippen molar-refractivity contribution in [2.24, 2.45) is 0 Å². The van der Waals surface area contributed by atoms with Crippen molar-refractivity contribution in [2.45, 2.75) is 43.9 Å². The van der Waals surface area contributed by atoms with Crippen LogP contribution in [0.5, 0.6) is 5.75 Å². The van der Waals surface area contributed by atoms with E-state index in [-0.39, 0.29) is 17.5 Å². The van der Waals surface area contributed by atoms with Crippen LogP contribution in [0.15, 0.2) is 60.7 Å². The van der Waals surface area contributed by atoms with Crippen LogP contribution in [-0.4, -0.2) is 31.3 Å². The van der Waals surface area contributed by atoms with E-state index >= 15 is 0 Å². The van der Waals surface area contributed by atoms with Crippen molar-refractivity contribution in [3.8, 4) is 5.75 Å². The van der Waals surface area contributed by atoms with Crippen molar-refractivity contribution in [1.82, 2.24) is 10.6 Å². The van der Waals surface area contributed by atoms with Crippen molar-refractivity contribution in [1.29, 1.82) is 0 Å². The number of amides is 1. The lowest BCUT2D eigenvalue weighted by atomic mass is 9.96. The summed E-state index contributed by atoms with van der Waals surface area (Å²) in [5.41, 5.74) is 2.38. The van der Waals surface area contributed by atoms with Gasteiger partial charge in [-0.25, -0.2) is 4.39 Å². The number of aryl methyl sites for hydroxylation is 1. The lowest BCUT2D eigenvalue weighted by Crippen LogP contribution is -2.35. The third-order valence-electron chi connectivity index (χ3n) is 6.48. The number of fused-ring (bicyclic) bond motifs is 1. The van der Waals surface area contributed by atoms with Crippen molar-refractivity contribution in [3.63, 3.8) is 0 Å². The number of hydrogen-bond acceptors (Lipinski definition) is 3. The Labute approximate surface area is 181 Å². The summed E-state index contributed by atoms with van der Waals surface area (Å²) in [5, 5.41) is 8.80. The minimum atomic E-state index is -0.809. The first-order chi connectivity index (χ1) is 15.0. The normalized spacial score (nSPS) is 21.7. The third kappa shape index (κ3) is 4.02. The van der Waals surface area contributed by atoms with Gasteiger partial charge < -0.3 is 15.4 Å². The fraction of sp³-hybridized carbons (Fsp3) is 0.346. The van der Waals surface area contributed by atoms with Crippen LogP contribution in [0.4, 0.5) is 4.39 Å². The zero-order valence-electron chi connectivity index (χ0n) is 17.7. The molecule has 2 fully saturated rings. The van der Waals surface area contributed by atoms with E-state index in [1.807, 2.05) is 31.2 Å². The second-order valence-corrected chi connectivity index (χ2v) is 8.79. The van der Waals surface area contributed by atoms with Gasteiger partial charge in [-0.15, -0.1) is 0 Å². The predicted molar refractivity (Wildman–Crippen MR) is 120 cm³/mol. The summed E-state index contributed by atoms with van der Waals surface area (Å²) in [6.45, 7) is 2.71. The topological polar surface area (TPSA) is 50.4 Å². The lowest BCUT2D eigenvalue weighted by molar-refractivity contribution is 0.0930. The molecule has 0 bridgehead atoms. The summed E-state index contributed by atoms with van der Waals surface area (Å²) in [4.78, 5) is 13.3. The minimum absolute atomic E-state index is 0.00896. The molecule has 0 unspecified atom stereocenters. The molecule has 1 saturated carbocycles. The molecule has 5 heteroatoms. The van der Waals surface area contributed by atoms with E-state index in [0.717, 1.165) is 18.4 Å². The van der Waals surface area contributed by atoms with Gasteiger partial charge in [0, 0.05) is 18.2 Å². The van der Waals surface area contributed by atoms with Crippen LogP contribution < -0.4 is 15.4 Å². The van der Waals surface area contributed by atoms with Crippen LogP contribution in [0.25, 0.3) is 10.8 Å². The van der Waals surface area contributed by atoms with Gasteiger partial charge in [0.05, 0.1) is 5.54 Å². The highest BCUT2D eigenvalue weighted by Gasteiger charge is 2.46. The Hall–Kier alpha value is -2.92. The Bertz CT molecular complexity index is 1120. The van der Waals surface area contributed by atoms with E-state index in [9.17, 15) is 9.18 Å². The first-order valence-electron chi connectivity index (χ1n) is 11.0. The molecule has 4 nitrogen and oxygen atoms in total. The molecule has 160 valence electrons. The first kappa shape index (κ1) is 20.0. The quantitative estimate of drug-likeness (QED) is 0.613. The first-order valence-corrected chi connectivity index (χ1v) is 11.0. The summed E-state index contributed by atoms with van der Waals surface area (Å²) in [6.07, 6.45) is 1.52. The molecule has 5 rings (SSSR count). The van der Waals surface area contributed by atoms with Crippen molar-refractivity contribution < 1.29 is 13.9 Å². The fourth-order valence-electron chi connectivity index (χ4n) is 4.54. The van der Waals surface area contributed by atoms with Crippen LogP contribution in [0, 0.1) is 6.92 Å². The molecule has 0 radical (unpaired) electrons. The lowest BCUT2D eigenvalue weighted by Gasteiger charge is -2.21. The Balaban J connectivity index is 1.34. The molecule has 1 saturated heterocycles. The van der Waals surface area contributed by atoms with Gasteiger partial charge in [-0.05, 0) is 60.2 Å². The van der Waals surface area contributed by atoms with Gasteiger partial charge in [0.2, 0.25) is 0 Å². The minimum Gasteiger partial charge on any atom is -0.492 e. The van der Waals surface area contributed by atoms with Crippen molar-refractivity contribution >= 4 is 16.7 Å². The maximum atomic E-state index is 13.4. The Morgan fingerprint density at radius 3 is 2.74 bits per heavy atom. The molecule has 2 aliphatic rings. The number of nitrogens with one attached hydrogen (secondary N) is 2. The number of hydrogen-bond donors (Lipinski definition) is 2. The Morgan fingerprint density at radius 2 is 1.97 bits per heavy atom. The summed E-state index contributed by atoms with van der Waals surface area (Å²) in [6, 6.07) is 20.2. The van der Waals surface area contributed by atoms with E-state index in [0.29, 0.717) is 30.9 Å². The molecule has 1 aliphatic carbocycles. The predicted octanol–water partition coefficient (Wildman–Crippen LogP) is 4.65. The molecule has 0 spiro atoms. The summed E-state index contributed by atoms with van der Waals surface area (Å²) >= 11 is 0. The zero-order valence-corrected chi connectivity index (χ0v) is 17.7. The molecule has 2 N–H and O–H groups in total. The Morgan fingerprint density at radius 1 is 1.16 bits per heavy atom. The summed E-state index contributed by atoms with van der Waals surface area (Å²) in [7, 11) is 0. The van der Waals surface area contributed by atoms with Gasteiger partial charge in [0.15, 0.2) is 0 Å². The maximum Gasteiger partial charge on any atom is 0.252 e. The molecule has 2 atom stereocenters. The number of rotatable bonds is 6. The molecule has 31 heavy (non-hydrogen) atoms. The SMILES string of the molecule is Cc1ccc(OC[C@H]2C[C@@H](F)CN2)cc1C(=O)NC1(c2cccc3ccccc23)CC1. The molecule has 1 amide bonds. The average Bonchev–Trinajstić information content (AvgIpc) is 3.44. The molecular formula is C26H27FN2O2. The maximum absolute atomic E-state index is 13.4. The fourth-order valence-corrected chi connectivity index (χ4v) is 4.54. The molecule has 1 heterocycles. The monoisotopic (exact) mass is 418 g/mol. The number of benzene rings is 3. The van der Waals surface area contributed by atoms with Crippen molar-refractivity contribution in [2.75, 3.05) is 13.2 Å². The zero-order chi connectivity index (χ0) is 21.4. The molecular weight excluding hydrogens is 391 g/mol. The van der Waals surface area contributed by atoms with Crippen molar-refractivity contribution in [3.05, 3.63) is 77.4 Å². The van der Waals surface area contributed by atoms with Gasteiger partial charge in [-0.3, -0.25) is 4.79 Å². The molecule has 0 aromatic heterocycles. The van der Waals surface area contributed by atoms with Gasteiger partial charge in [0.1, 0.15) is 18.5 Å². The highest BCUT2D eigenvalue weighted by atomic mass is 19.1. The molecule has 3 aromatic carbocycles. The van der Waals surface area contributed by atoms with Crippen LogP contribution in [-0.2, 0) is 5.54 Å². The second-order valence-electron chi connectivity index (χ2n) is 8.79. The van der Waals surface area contributed by atoms with Gasteiger partial charge in [0.25, 0.3) is 5.91 Å². The number of alkyl halides is 1. The molecule has 1 aliphatic heterocycles. The van der Waals surface area contributed by atoms with E-state index in [4.69, 9.17) is 4.74 Å². The van der Waals surface area contributed by atoms with Gasteiger partial charge in [-0.1, -0.05) is 48.5 Å². The van der Waals surface area contributed by atoms with E-state index in [1.54, 1.807) is 6.07 Å². The standard InChI is InChI=1S/C26H27FN2O2/c1-17-9-10-21(31-16-20-13-19(27)15-28-20)14-23(17)25(30)29-26(11-12-26)24-8-4-6-18-5-2-3-7-22(18)24/h2-10,14,19-20,28H,11-13,15-16H2,1H3,(H,29,30)/t19-,20-/m1/s1. The van der Waals surface area contributed by atoms with E-state index in [2.05, 4.69) is 41.0 Å². The highest BCUT2D eigenvalue weighted by molar-refractivity contribution is 5.97. The van der Waals surface area contributed by atoms with Gasteiger partial charge in [-0.2, -0.15) is 0 Å². The van der Waals surface area contributed by atoms with E-state index in [1.165, 1.54) is 16.3 Å². The number of ether oxygens (including phenoxy) is 1. The van der Waals surface area contributed by atoms with Crippen LogP contribution in [0.1, 0.15) is 40.7 Å². The summed E-state index contributed by atoms with van der Waals surface area (Å²) < 4.78 is 19.2. The van der Waals surface area contributed by atoms with Crippen LogP contribution in [0.3, 0.4) is 0 Å². The van der Waals surface area contributed by atoms with E-state index < -0.39 is 6.17 Å². The molecule has 3 aromatic rings. The second kappa shape index (κ2) is 7.97. The van der Waals surface area contributed by atoms with Crippen LogP contribution in [0.2, 0.25) is 0 Å². The Kier molecular flexibility index (Phi) is 5.14. The highest BCUT2D eigenvalue weighted by Crippen LogP contribution is 2.48. The number of carbonyl (C=O) groups excluding carboxylic acids is 1. The summed E-state index contributed by atoms with van der Waals surface area (Å²) in [5.74, 6) is 0.547. The number of halogens is 1. The average molecular weight is 419 g/mol. The largest absolute Gasteiger partial charge is 0.492 e. The smallest absolute Gasteiger partial charge is 0.252 e.